The molecule has 1 saturated heterocycles. The summed E-state index contributed by atoms with van der Waals surface area (Å²) in [6.45, 7) is 6.12. The summed E-state index contributed by atoms with van der Waals surface area (Å²) in [5, 5.41) is 4.69. The molecule has 7 heteroatoms. The van der Waals surface area contributed by atoms with Gasteiger partial charge < -0.3 is 9.88 Å². The maximum Gasteiger partial charge on any atom is 0.223 e. The normalized spacial score (nSPS) is 17.0. The highest BCUT2D eigenvalue weighted by molar-refractivity contribution is 5.79. The van der Waals surface area contributed by atoms with Gasteiger partial charge in [-0.2, -0.15) is 5.10 Å². The van der Waals surface area contributed by atoms with Crippen molar-refractivity contribution in [3.05, 3.63) is 65.8 Å². The molecule has 1 unspecified atom stereocenters. The van der Waals surface area contributed by atoms with E-state index in [1.165, 1.54) is 5.56 Å². The molecule has 0 bridgehead atoms. The average Bonchev–Trinajstić information content (AvgIpc) is 3.42. The number of rotatable bonds is 7. The molecule has 28 heavy (non-hydrogen) atoms. The van der Waals surface area contributed by atoms with E-state index in [1.54, 1.807) is 6.33 Å². The molecular weight excluding hydrogens is 352 g/mol. The van der Waals surface area contributed by atoms with E-state index < -0.39 is 0 Å². The van der Waals surface area contributed by atoms with Gasteiger partial charge in [0.15, 0.2) is 5.82 Å². The molecule has 1 N–H and O–H groups in total. The van der Waals surface area contributed by atoms with Crippen LogP contribution in [0.4, 0.5) is 0 Å². The van der Waals surface area contributed by atoms with Gasteiger partial charge in [0.1, 0.15) is 5.82 Å². The minimum absolute atomic E-state index is 0.183. The Morgan fingerprint density at radius 1 is 1.25 bits per heavy atom. The summed E-state index contributed by atoms with van der Waals surface area (Å²) in [5.41, 5.74) is 2.29. The molecule has 1 fully saturated rings. The first-order valence-corrected chi connectivity index (χ1v) is 9.83. The van der Waals surface area contributed by atoms with Gasteiger partial charge in [0.2, 0.25) is 5.91 Å². The third kappa shape index (κ3) is 3.98. The molecule has 3 heterocycles. The largest absolute Gasteiger partial charge is 0.348 e. The van der Waals surface area contributed by atoms with Gasteiger partial charge in [-0.3, -0.25) is 4.79 Å². The predicted molar refractivity (Wildman–Crippen MR) is 106 cm³/mol. The van der Waals surface area contributed by atoms with Crippen LogP contribution >= 0.6 is 0 Å². The van der Waals surface area contributed by atoms with Crippen molar-refractivity contribution in [1.29, 1.82) is 0 Å². The highest BCUT2D eigenvalue weighted by Crippen LogP contribution is 2.29. The smallest absolute Gasteiger partial charge is 0.223 e. The maximum atomic E-state index is 12.6. The molecule has 1 aliphatic rings. The Labute approximate surface area is 164 Å². The zero-order valence-electron chi connectivity index (χ0n) is 16.4. The zero-order chi connectivity index (χ0) is 19.5. The van der Waals surface area contributed by atoms with Gasteiger partial charge in [-0.05, 0) is 5.56 Å². The fourth-order valence-electron chi connectivity index (χ4n) is 3.63. The highest BCUT2D eigenvalue weighted by atomic mass is 16.2. The SMILES string of the molecule is CC(C)c1nc(CN2CC(c3ccccc3)CC2=O)n(CCc2cnc[nH]2)n1. The molecule has 146 valence electrons. The number of likely N-dealkylation sites (tertiary alicyclic amines) is 1. The Bertz CT molecular complexity index is 916. The molecule has 3 aromatic rings. The van der Waals surface area contributed by atoms with Crippen LogP contribution in [-0.4, -0.2) is 42.1 Å². The third-order valence-electron chi connectivity index (χ3n) is 5.25. The lowest BCUT2D eigenvalue weighted by Gasteiger charge is -2.16. The van der Waals surface area contributed by atoms with Crippen LogP contribution in [0, 0.1) is 0 Å². The van der Waals surface area contributed by atoms with Crippen LogP contribution in [0.15, 0.2) is 42.9 Å². The molecule has 0 aliphatic carbocycles. The van der Waals surface area contributed by atoms with Crippen molar-refractivity contribution in [3.8, 4) is 0 Å². The van der Waals surface area contributed by atoms with E-state index in [-0.39, 0.29) is 17.7 Å². The van der Waals surface area contributed by atoms with E-state index in [0.29, 0.717) is 19.5 Å². The number of amides is 1. The highest BCUT2D eigenvalue weighted by Gasteiger charge is 2.31. The van der Waals surface area contributed by atoms with Crippen LogP contribution in [0.2, 0.25) is 0 Å². The molecule has 7 nitrogen and oxygen atoms in total. The van der Waals surface area contributed by atoms with Crippen LogP contribution in [0.1, 0.15) is 55.0 Å². The number of benzene rings is 1. The minimum Gasteiger partial charge on any atom is -0.348 e. The number of aromatic nitrogens is 5. The first kappa shape index (κ1) is 18.4. The second-order valence-electron chi connectivity index (χ2n) is 7.68. The van der Waals surface area contributed by atoms with E-state index in [0.717, 1.165) is 30.3 Å². The maximum absolute atomic E-state index is 12.6. The monoisotopic (exact) mass is 378 g/mol. The molecule has 1 amide bonds. The standard InChI is InChI=1S/C21H26N6O/c1-15(2)21-24-19(27(25-21)9-8-18-11-22-14-23-18)13-26-12-17(10-20(26)28)16-6-4-3-5-7-16/h3-7,11,14-15,17H,8-10,12-13H2,1-2H3,(H,22,23). The molecular formula is C21H26N6O. The van der Waals surface area contributed by atoms with Crippen molar-refractivity contribution < 1.29 is 4.79 Å². The second kappa shape index (κ2) is 7.96. The van der Waals surface area contributed by atoms with Crippen LogP contribution in [0.5, 0.6) is 0 Å². The number of hydrogen-bond donors (Lipinski definition) is 1. The van der Waals surface area contributed by atoms with Gasteiger partial charge in [-0.1, -0.05) is 44.2 Å². The first-order valence-electron chi connectivity index (χ1n) is 9.83. The Morgan fingerprint density at radius 2 is 2.07 bits per heavy atom. The summed E-state index contributed by atoms with van der Waals surface area (Å²) in [7, 11) is 0. The van der Waals surface area contributed by atoms with Crippen LogP contribution < -0.4 is 0 Å². The van der Waals surface area contributed by atoms with E-state index >= 15 is 0 Å². The lowest BCUT2D eigenvalue weighted by Crippen LogP contribution is -2.26. The molecule has 0 spiro atoms. The topological polar surface area (TPSA) is 79.7 Å². The number of carbonyl (C=O) groups is 1. The lowest BCUT2D eigenvalue weighted by atomic mass is 9.99. The van der Waals surface area contributed by atoms with Crippen molar-refractivity contribution in [2.75, 3.05) is 6.54 Å². The number of nitrogens with one attached hydrogen (secondary N) is 1. The zero-order valence-corrected chi connectivity index (χ0v) is 16.4. The number of aromatic amines is 1. The molecule has 2 aromatic heterocycles. The molecule has 1 aromatic carbocycles. The number of nitrogens with zero attached hydrogens (tertiary/aromatic N) is 5. The molecule has 1 atom stereocenters. The van der Waals surface area contributed by atoms with Crippen LogP contribution in [-0.2, 0) is 24.3 Å². The Hall–Kier alpha value is -2.96. The summed E-state index contributed by atoms with van der Waals surface area (Å²) < 4.78 is 1.94. The average molecular weight is 378 g/mol. The summed E-state index contributed by atoms with van der Waals surface area (Å²) in [4.78, 5) is 26.5. The number of H-pyrrole nitrogens is 1. The van der Waals surface area contributed by atoms with Gasteiger partial charge in [-0.25, -0.2) is 14.6 Å². The van der Waals surface area contributed by atoms with Gasteiger partial charge in [0.05, 0.1) is 12.9 Å². The summed E-state index contributed by atoms with van der Waals surface area (Å²) in [6.07, 6.45) is 4.87. The Kier molecular flexibility index (Phi) is 5.23. The first-order chi connectivity index (χ1) is 13.6. The van der Waals surface area contributed by atoms with Crippen LogP contribution in [0.3, 0.4) is 0 Å². The fourth-order valence-corrected chi connectivity index (χ4v) is 3.63. The Morgan fingerprint density at radius 3 is 2.79 bits per heavy atom. The van der Waals surface area contributed by atoms with Crippen molar-refractivity contribution in [1.82, 2.24) is 29.6 Å². The van der Waals surface area contributed by atoms with Crippen molar-refractivity contribution in [2.45, 2.75) is 51.6 Å². The quantitative estimate of drug-likeness (QED) is 0.686. The van der Waals surface area contributed by atoms with Gasteiger partial charge >= 0.3 is 0 Å². The number of imidazole rings is 1. The second-order valence-corrected chi connectivity index (χ2v) is 7.68. The number of carbonyl (C=O) groups excluding carboxylic acids is 1. The van der Waals surface area contributed by atoms with Crippen molar-refractivity contribution >= 4 is 5.91 Å². The van der Waals surface area contributed by atoms with Crippen molar-refractivity contribution in [2.24, 2.45) is 0 Å². The van der Waals surface area contributed by atoms with Crippen LogP contribution in [0.25, 0.3) is 0 Å². The fraction of sp³-hybridized carbons (Fsp3) is 0.429. The van der Waals surface area contributed by atoms with Gasteiger partial charge in [0, 0.05) is 49.7 Å². The van der Waals surface area contributed by atoms with Gasteiger partial charge in [0.25, 0.3) is 0 Å². The van der Waals surface area contributed by atoms with E-state index in [1.807, 2.05) is 34.0 Å². The minimum atomic E-state index is 0.183. The molecule has 4 rings (SSSR count). The summed E-state index contributed by atoms with van der Waals surface area (Å²) in [6, 6.07) is 10.3. The third-order valence-corrected chi connectivity index (χ3v) is 5.25. The van der Waals surface area contributed by atoms with E-state index in [9.17, 15) is 4.79 Å². The number of aryl methyl sites for hydroxylation is 2. The summed E-state index contributed by atoms with van der Waals surface area (Å²) >= 11 is 0. The van der Waals surface area contributed by atoms with E-state index in [4.69, 9.17) is 4.98 Å². The molecule has 0 saturated carbocycles. The predicted octanol–water partition coefficient (Wildman–Crippen LogP) is 2.88. The van der Waals surface area contributed by atoms with Crippen molar-refractivity contribution in [3.63, 3.8) is 0 Å². The molecule has 1 aliphatic heterocycles. The lowest BCUT2D eigenvalue weighted by molar-refractivity contribution is -0.128. The Balaban J connectivity index is 1.49. The van der Waals surface area contributed by atoms with Gasteiger partial charge in [-0.15, -0.1) is 0 Å². The number of hydrogen-bond acceptors (Lipinski definition) is 4. The van der Waals surface area contributed by atoms with E-state index in [2.05, 4.69) is 41.0 Å². The molecule has 0 radical (unpaired) electrons. The summed E-state index contributed by atoms with van der Waals surface area (Å²) in [5.74, 6) is 2.36.